The van der Waals surface area contributed by atoms with E-state index < -0.39 is 0 Å². The fraction of sp³-hybridized carbons (Fsp3) is 0.316. The summed E-state index contributed by atoms with van der Waals surface area (Å²) in [5.74, 6) is 0.763. The average Bonchev–Trinajstić information content (AvgIpc) is 3.12. The summed E-state index contributed by atoms with van der Waals surface area (Å²) in [6.45, 7) is 4.42. The lowest BCUT2D eigenvalue weighted by Crippen LogP contribution is -2.09. The number of hydrogen-bond acceptors (Lipinski definition) is 7. The number of pyridine rings is 1. The molecule has 3 rings (SSSR count). The fourth-order valence-corrected chi connectivity index (χ4v) is 4.38. The summed E-state index contributed by atoms with van der Waals surface area (Å²) in [5, 5.41) is 19.2. The highest BCUT2D eigenvalue weighted by Crippen LogP contribution is 2.36. The summed E-state index contributed by atoms with van der Waals surface area (Å²) in [4.78, 5) is 9.55. The van der Waals surface area contributed by atoms with E-state index in [2.05, 4.69) is 58.1 Å². The minimum absolute atomic E-state index is 0.252. The molecule has 140 valence electrons. The van der Waals surface area contributed by atoms with Gasteiger partial charge in [0.15, 0.2) is 5.13 Å². The predicted octanol–water partition coefficient (Wildman–Crippen LogP) is 5.06. The van der Waals surface area contributed by atoms with Crippen LogP contribution in [0.4, 0.5) is 10.8 Å². The molecule has 2 aromatic heterocycles. The van der Waals surface area contributed by atoms with Crippen molar-refractivity contribution in [2.45, 2.75) is 24.3 Å². The number of alkyl halides is 1. The third kappa shape index (κ3) is 4.25. The lowest BCUT2D eigenvalue weighted by Gasteiger charge is -2.14. The van der Waals surface area contributed by atoms with E-state index in [4.69, 9.17) is 15.0 Å². The van der Waals surface area contributed by atoms with E-state index in [1.165, 1.54) is 0 Å². The molecule has 0 aliphatic rings. The van der Waals surface area contributed by atoms with Gasteiger partial charge in [0.05, 0.1) is 24.4 Å². The molecular formula is C19H20IN5OS. The molecule has 3 aromatic rings. The zero-order valence-corrected chi connectivity index (χ0v) is 18.3. The molecule has 0 fully saturated rings. The first kappa shape index (κ1) is 19.6. The number of rotatable bonds is 7. The van der Waals surface area contributed by atoms with Crippen molar-refractivity contribution in [1.82, 2.24) is 9.97 Å². The molecule has 2 N–H and O–H groups in total. The van der Waals surface area contributed by atoms with E-state index in [9.17, 15) is 0 Å². The highest BCUT2D eigenvalue weighted by Gasteiger charge is 2.16. The zero-order valence-electron chi connectivity index (χ0n) is 15.3. The standard InChI is InChI=1S/C19H20IN5OS/c1-11(2)23-19-25-16(10-27-19)15-8-17(26-3)12-4-5-14(22-7-6-21)13(9-20)18(12)24-15/h4-5,8,10-11,22H,7,9H2,1-3H3,(H,23,25). The van der Waals surface area contributed by atoms with Crippen LogP contribution in [0.2, 0.25) is 0 Å². The van der Waals surface area contributed by atoms with Gasteiger partial charge in [-0.05, 0) is 26.0 Å². The molecule has 8 heteroatoms. The number of thiazole rings is 1. The SMILES string of the molecule is COc1cc(-c2csc(NC(C)C)n2)nc2c(CI)c(NCC#N)ccc12. The molecule has 27 heavy (non-hydrogen) atoms. The van der Waals surface area contributed by atoms with Crippen molar-refractivity contribution < 1.29 is 4.74 Å². The molecule has 2 heterocycles. The number of fused-ring (bicyclic) bond motifs is 1. The third-order valence-electron chi connectivity index (χ3n) is 3.94. The van der Waals surface area contributed by atoms with Crippen LogP contribution in [0.5, 0.6) is 5.75 Å². The average molecular weight is 493 g/mol. The van der Waals surface area contributed by atoms with E-state index in [1.54, 1.807) is 18.4 Å². The van der Waals surface area contributed by atoms with E-state index in [0.29, 0.717) is 6.04 Å². The number of hydrogen-bond donors (Lipinski definition) is 2. The first-order valence-corrected chi connectivity index (χ1v) is 10.9. The normalized spacial score (nSPS) is 10.8. The Balaban J connectivity index is 2.14. The Bertz CT molecular complexity index is 996. The molecule has 0 saturated carbocycles. The summed E-state index contributed by atoms with van der Waals surface area (Å²) in [6.07, 6.45) is 0. The smallest absolute Gasteiger partial charge is 0.183 e. The second-order valence-electron chi connectivity index (χ2n) is 6.18. The van der Waals surface area contributed by atoms with Crippen molar-refractivity contribution in [2.75, 3.05) is 24.3 Å². The molecule has 0 radical (unpaired) electrons. The molecule has 0 bridgehead atoms. The number of benzene rings is 1. The van der Waals surface area contributed by atoms with Gasteiger partial charge in [0.1, 0.15) is 18.0 Å². The Morgan fingerprint density at radius 2 is 2.11 bits per heavy atom. The second-order valence-corrected chi connectivity index (χ2v) is 7.80. The Hall–Kier alpha value is -2.12. The monoisotopic (exact) mass is 493 g/mol. The van der Waals surface area contributed by atoms with Gasteiger partial charge in [-0.1, -0.05) is 22.6 Å². The number of halogens is 1. The number of aromatic nitrogens is 2. The molecule has 1 aromatic carbocycles. The van der Waals surface area contributed by atoms with Gasteiger partial charge in [-0.25, -0.2) is 9.97 Å². The number of ether oxygens (including phenoxy) is 1. The lowest BCUT2D eigenvalue weighted by atomic mass is 10.1. The lowest BCUT2D eigenvalue weighted by molar-refractivity contribution is 0.419. The van der Waals surface area contributed by atoms with Crippen LogP contribution in [0, 0.1) is 11.3 Å². The Morgan fingerprint density at radius 3 is 2.78 bits per heavy atom. The van der Waals surface area contributed by atoms with Gasteiger partial charge in [-0.2, -0.15) is 5.26 Å². The Morgan fingerprint density at radius 1 is 1.30 bits per heavy atom. The highest BCUT2D eigenvalue weighted by molar-refractivity contribution is 14.1. The Labute approximate surface area is 176 Å². The Kier molecular flexibility index (Phi) is 6.34. The minimum Gasteiger partial charge on any atom is -0.496 e. The number of methoxy groups -OCH3 is 1. The van der Waals surface area contributed by atoms with E-state index >= 15 is 0 Å². The molecule has 6 nitrogen and oxygen atoms in total. The van der Waals surface area contributed by atoms with Crippen molar-refractivity contribution in [3.05, 3.63) is 29.1 Å². The number of anilines is 2. The maximum absolute atomic E-state index is 8.88. The number of nitriles is 1. The second kappa shape index (κ2) is 8.71. The first-order valence-electron chi connectivity index (χ1n) is 8.47. The van der Waals surface area contributed by atoms with Crippen LogP contribution in [-0.4, -0.2) is 29.7 Å². The highest BCUT2D eigenvalue weighted by atomic mass is 127. The van der Waals surface area contributed by atoms with E-state index in [-0.39, 0.29) is 6.54 Å². The molecule has 0 aliphatic heterocycles. The van der Waals surface area contributed by atoms with Crippen LogP contribution < -0.4 is 15.4 Å². The molecule has 0 amide bonds. The maximum atomic E-state index is 8.88. The minimum atomic E-state index is 0.252. The van der Waals surface area contributed by atoms with Gasteiger partial charge in [0.2, 0.25) is 0 Å². The van der Waals surface area contributed by atoms with Gasteiger partial charge in [0, 0.05) is 38.6 Å². The summed E-state index contributed by atoms with van der Waals surface area (Å²) in [6, 6.07) is 8.32. The van der Waals surface area contributed by atoms with E-state index in [1.807, 2.05) is 23.6 Å². The topological polar surface area (TPSA) is 82.9 Å². The zero-order chi connectivity index (χ0) is 19.4. The summed E-state index contributed by atoms with van der Waals surface area (Å²) in [5.41, 5.74) is 4.44. The molecule has 0 unspecified atom stereocenters. The van der Waals surface area contributed by atoms with Gasteiger partial charge in [-0.3, -0.25) is 0 Å². The molecule has 0 aliphatic carbocycles. The van der Waals surface area contributed by atoms with Crippen LogP contribution in [0.3, 0.4) is 0 Å². The molecule has 0 saturated heterocycles. The van der Waals surface area contributed by atoms with E-state index in [0.717, 1.165) is 48.9 Å². The van der Waals surface area contributed by atoms with Crippen LogP contribution in [-0.2, 0) is 4.43 Å². The van der Waals surface area contributed by atoms with Crippen LogP contribution >= 0.6 is 33.9 Å². The maximum Gasteiger partial charge on any atom is 0.183 e. The fourth-order valence-electron chi connectivity index (χ4n) is 2.76. The largest absolute Gasteiger partial charge is 0.496 e. The van der Waals surface area contributed by atoms with Gasteiger partial charge >= 0.3 is 0 Å². The quantitative estimate of drug-likeness (QED) is 0.272. The van der Waals surface area contributed by atoms with Crippen molar-refractivity contribution >= 4 is 55.6 Å². The summed E-state index contributed by atoms with van der Waals surface area (Å²) < 4.78 is 6.39. The molecular weight excluding hydrogens is 473 g/mol. The molecule has 0 spiro atoms. The number of nitrogens with zero attached hydrogens (tertiary/aromatic N) is 3. The predicted molar refractivity (Wildman–Crippen MR) is 120 cm³/mol. The van der Waals surface area contributed by atoms with Gasteiger partial charge in [0.25, 0.3) is 0 Å². The summed E-state index contributed by atoms with van der Waals surface area (Å²) >= 11 is 3.88. The first-order chi connectivity index (χ1) is 13.1. The molecule has 0 atom stereocenters. The van der Waals surface area contributed by atoms with Crippen molar-refractivity contribution in [1.29, 1.82) is 5.26 Å². The van der Waals surface area contributed by atoms with Gasteiger partial charge < -0.3 is 15.4 Å². The van der Waals surface area contributed by atoms with Crippen LogP contribution in [0.25, 0.3) is 22.3 Å². The van der Waals surface area contributed by atoms with Crippen LogP contribution in [0.1, 0.15) is 19.4 Å². The number of nitrogens with one attached hydrogen (secondary N) is 2. The third-order valence-corrected chi connectivity index (χ3v) is 5.47. The van der Waals surface area contributed by atoms with Crippen LogP contribution in [0.15, 0.2) is 23.6 Å². The van der Waals surface area contributed by atoms with Gasteiger partial charge in [-0.15, -0.1) is 11.3 Å². The summed E-state index contributed by atoms with van der Waals surface area (Å²) in [7, 11) is 1.66. The van der Waals surface area contributed by atoms with Crippen molar-refractivity contribution in [2.24, 2.45) is 0 Å². The van der Waals surface area contributed by atoms with Crippen molar-refractivity contribution in [3.63, 3.8) is 0 Å². The van der Waals surface area contributed by atoms with Crippen molar-refractivity contribution in [3.8, 4) is 23.2 Å².